The van der Waals surface area contributed by atoms with Gasteiger partial charge in [0, 0.05) is 19.6 Å². The summed E-state index contributed by atoms with van der Waals surface area (Å²) >= 11 is 0. The van der Waals surface area contributed by atoms with Crippen LogP contribution in [0.3, 0.4) is 0 Å². The van der Waals surface area contributed by atoms with Gasteiger partial charge in [-0.05, 0) is 31.2 Å². The Kier molecular flexibility index (Phi) is 5.73. The average Bonchev–Trinajstić information content (AvgIpc) is 2.86. The first-order valence-electron chi connectivity index (χ1n) is 7.92. The second-order valence-corrected chi connectivity index (χ2v) is 6.50. The topological polar surface area (TPSA) is 63.1 Å². The molecule has 1 saturated heterocycles. The van der Waals surface area contributed by atoms with Crippen molar-refractivity contribution in [1.29, 1.82) is 0 Å². The zero-order valence-corrected chi connectivity index (χ0v) is 13.4. The quantitative estimate of drug-likeness (QED) is 0.858. The summed E-state index contributed by atoms with van der Waals surface area (Å²) in [6.07, 6.45) is 4.07. The van der Waals surface area contributed by atoms with Gasteiger partial charge in [0.15, 0.2) is 0 Å². The van der Waals surface area contributed by atoms with Gasteiger partial charge in [0.05, 0.1) is 11.9 Å². The van der Waals surface area contributed by atoms with E-state index in [1.54, 1.807) is 4.68 Å². The lowest BCUT2D eigenvalue weighted by Crippen LogP contribution is -2.39. The lowest BCUT2D eigenvalue weighted by atomic mass is 9.99. The first-order chi connectivity index (χ1) is 10.0. The normalized spacial score (nSPS) is 16.7. The summed E-state index contributed by atoms with van der Waals surface area (Å²) in [6.45, 7) is 10.3. The molecule has 1 N–H and O–H groups in total. The lowest BCUT2D eigenvalue weighted by molar-refractivity contribution is -0.133. The van der Waals surface area contributed by atoms with Gasteiger partial charge in [0.25, 0.3) is 0 Å². The Morgan fingerprint density at radius 1 is 1.43 bits per heavy atom. The lowest BCUT2D eigenvalue weighted by Gasteiger charge is -2.30. The molecule has 0 saturated carbocycles. The van der Waals surface area contributed by atoms with Gasteiger partial charge in [-0.25, -0.2) is 4.68 Å². The van der Waals surface area contributed by atoms with Gasteiger partial charge < -0.3 is 10.2 Å². The Bertz CT molecular complexity index is 449. The van der Waals surface area contributed by atoms with Crippen LogP contribution in [-0.2, 0) is 17.9 Å². The fourth-order valence-corrected chi connectivity index (χ4v) is 2.48. The molecule has 1 aliphatic heterocycles. The summed E-state index contributed by atoms with van der Waals surface area (Å²) in [7, 11) is 0. The zero-order chi connectivity index (χ0) is 15.2. The van der Waals surface area contributed by atoms with Crippen LogP contribution in [0.25, 0.3) is 0 Å². The van der Waals surface area contributed by atoms with Gasteiger partial charge >= 0.3 is 0 Å². The summed E-state index contributed by atoms with van der Waals surface area (Å²) in [4.78, 5) is 14.2. The molecule has 0 atom stereocenters. The van der Waals surface area contributed by atoms with Gasteiger partial charge in [0.2, 0.25) is 5.91 Å². The summed E-state index contributed by atoms with van der Waals surface area (Å²) in [6, 6.07) is 0. The van der Waals surface area contributed by atoms with Crippen molar-refractivity contribution in [2.24, 2.45) is 11.8 Å². The number of aromatic nitrogens is 3. The molecule has 118 valence electrons. The van der Waals surface area contributed by atoms with E-state index in [0.29, 0.717) is 19.0 Å². The number of amides is 1. The van der Waals surface area contributed by atoms with Crippen molar-refractivity contribution in [3.63, 3.8) is 0 Å². The fraction of sp³-hybridized carbons (Fsp3) is 0.800. The maximum absolute atomic E-state index is 12.2. The minimum Gasteiger partial charge on any atom is -0.341 e. The molecule has 0 unspecified atom stereocenters. The molecular formula is C15H27N5O. The highest BCUT2D eigenvalue weighted by Gasteiger charge is 2.20. The van der Waals surface area contributed by atoms with Crippen molar-refractivity contribution in [3.8, 4) is 0 Å². The number of rotatable bonds is 6. The van der Waals surface area contributed by atoms with Gasteiger partial charge in [-0.3, -0.25) is 4.79 Å². The molecule has 0 radical (unpaired) electrons. The Morgan fingerprint density at radius 2 is 2.14 bits per heavy atom. The summed E-state index contributed by atoms with van der Waals surface area (Å²) in [5.74, 6) is 1.50. The molecule has 2 heterocycles. The third-order valence-electron chi connectivity index (χ3n) is 3.88. The highest BCUT2D eigenvalue weighted by molar-refractivity contribution is 5.75. The summed E-state index contributed by atoms with van der Waals surface area (Å²) in [5.41, 5.74) is 0.885. The molecule has 0 spiro atoms. The molecule has 1 aromatic rings. The van der Waals surface area contributed by atoms with E-state index in [4.69, 9.17) is 0 Å². The Labute approximate surface area is 126 Å². The second-order valence-electron chi connectivity index (χ2n) is 6.50. The highest BCUT2D eigenvalue weighted by atomic mass is 16.2. The Balaban J connectivity index is 1.77. The fourth-order valence-electron chi connectivity index (χ4n) is 2.48. The number of piperidine rings is 1. The van der Waals surface area contributed by atoms with E-state index in [-0.39, 0.29) is 5.91 Å². The predicted molar refractivity (Wildman–Crippen MR) is 81.5 cm³/mol. The molecule has 6 nitrogen and oxygen atoms in total. The Hall–Kier alpha value is -1.43. The number of hydrogen-bond donors (Lipinski definition) is 1. The molecule has 0 bridgehead atoms. The van der Waals surface area contributed by atoms with Gasteiger partial charge in [-0.1, -0.05) is 26.0 Å². The number of likely N-dealkylation sites (tertiary alicyclic amines) is 1. The molecule has 1 aromatic heterocycles. The largest absolute Gasteiger partial charge is 0.341 e. The standard InChI is InChI=1S/C15H27N5O/c1-12(2)8-16-9-14-10-20(18-17-14)11-15(21)19-6-4-13(3)5-7-19/h10,12-13,16H,4-9,11H2,1-3H3. The number of nitrogens with one attached hydrogen (secondary N) is 1. The maximum Gasteiger partial charge on any atom is 0.244 e. The van der Waals surface area contributed by atoms with Crippen LogP contribution >= 0.6 is 0 Å². The van der Waals surface area contributed by atoms with Crippen LogP contribution in [0.15, 0.2) is 6.20 Å². The third-order valence-corrected chi connectivity index (χ3v) is 3.88. The van der Waals surface area contributed by atoms with Crippen LogP contribution in [0.2, 0.25) is 0 Å². The van der Waals surface area contributed by atoms with E-state index >= 15 is 0 Å². The van der Waals surface area contributed by atoms with Crippen molar-refractivity contribution in [2.75, 3.05) is 19.6 Å². The third kappa shape index (κ3) is 5.12. The molecule has 0 aromatic carbocycles. The summed E-state index contributed by atoms with van der Waals surface area (Å²) in [5, 5.41) is 11.5. The number of carbonyl (C=O) groups excluding carboxylic acids is 1. The molecule has 6 heteroatoms. The number of hydrogen-bond acceptors (Lipinski definition) is 4. The smallest absolute Gasteiger partial charge is 0.244 e. The van der Waals surface area contributed by atoms with Gasteiger partial charge in [0.1, 0.15) is 6.54 Å². The van der Waals surface area contributed by atoms with Crippen LogP contribution in [-0.4, -0.2) is 45.4 Å². The van der Waals surface area contributed by atoms with E-state index in [0.717, 1.165) is 44.1 Å². The molecule has 2 rings (SSSR count). The van der Waals surface area contributed by atoms with E-state index in [1.165, 1.54) is 0 Å². The van der Waals surface area contributed by atoms with Crippen LogP contribution in [0, 0.1) is 11.8 Å². The maximum atomic E-state index is 12.2. The van der Waals surface area contributed by atoms with Crippen LogP contribution in [0.4, 0.5) is 0 Å². The minimum absolute atomic E-state index is 0.147. The molecule has 1 fully saturated rings. The van der Waals surface area contributed by atoms with Gasteiger partial charge in [-0.15, -0.1) is 5.10 Å². The minimum atomic E-state index is 0.147. The summed E-state index contributed by atoms with van der Waals surface area (Å²) < 4.78 is 1.65. The molecule has 0 aliphatic carbocycles. The molecular weight excluding hydrogens is 266 g/mol. The SMILES string of the molecule is CC(C)CNCc1cn(CC(=O)N2CCC(C)CC2)nn1. The van der Waals surface area contributed by atoms with Crippen LogP contribution in [0.1, 0.15) is 39.3 Å². The highest BCUT2D eigenvalue weighted by Crippen LogP contribution is 2.16. The number of carbonyl (C=O) groups is 1. The zero-order valence-electron chi connectivity index (χ0n) is 13.4. The van der Waals surface area contributed by atoms with Crippen LogP contribution in [0.5, 0.6) is 0 Å². The van der Waals surface area contributed by atoms with Gasteiger partial charge in [-0.2, -0.15) is 0 Å². The van der Waals surface area contributed by atoms with E-state index in [9.17, 15) is 4.79 Å². The molecule has 21 heavy (non-hydrogen) atoms. The average molecular weight is 293 g/mol. The van der Waals surface area contributed by atoms with E-state index in [2.05, 4.69) is 36.4 Å². The van der Waals surface area contributed by atoms with Crippen molar-refractivity contribution >= 4 is 5.91 Å². The van der Waals surface area contributed by atoms with Crippen molar-refractivity contribution < 1.29 is 4.79 Å². The van der Waals surface area contributed by atoms with Crippen LogP contribution < -0.4 is 5.32 Å². The molecule has 1 aliphatic rings. The Morgan fingerprint density at radius 3 is 2.81 bits per heavy atom. The van der Waals surface area contributed by atoms with Crippen molar-refractivity contribution in [2.45, 2.75) is 46.7 Å². The first kappa shape index (κ1) is 15.9. The monoisotopic (exact) mass is 293 g/mol. The van der Waals surface area contributed by atoms with E-state index in [1.807, 2.05) is 11.1 Å². The molecule has 1 amide bonds. The second kappa shape index (κ2) is 7.54. The van der Waals surface area contributed by atoms with Crippen molar-refractivity contribution in [3.05, 3.63) is 11.9 Å². The van der Waals surface area contributed by atoms with E-state index < -0.39 is 0 Å². The number of nitrogens with zero attached hydrogens (tertiary/aromatic N) is 4. The predicted octanol–water partition coefficient (Wildman–Crippen LogP) is 1.28. The first-order valence-corrected chi connectivity index (χ1v) is 7.92. The van der Waals surface area contributed by atoms with Crippen molar-refractivity contribution in [1.82, 2.24) is 25.2 Å².